The van der Waals surface area contributed by atoms with Crippen molar-refractivity contribution in [3.05, 3.63) is 117 Å². The molecule has 0 atom stereocenters. The summed E-state index contributed by atoms with van der Waals surface area (Å²) in [5, 5.41) is 19.3. The van der Waals surface area contributed by atoms with E-state index in [1.165, 1.54) is 28.0 Å². The molecule has 0 aliphatic heterocycles. The van der Waals surface area contributed by atoms with Crippen molar-refractivity contribution >= 4 is 69.2 Å². The Hall–Kier alpha value is -4.36. The number of amides is 3. The first-order valence-electron chi connectivity index (χ1n) is 13.6. The van der Waals surface area contributed by atoms with E-state index in [9.17, 15) is 19.6 Å². The molecule has 5 rings (SSSR count). The summed E-state index contributed by atoms with van der Waals surface area (Å²) in [6, 6.07) is 24.9. The van der Waals surface area contributed by atoms with Crippen molar-refractivity contribution < 1.29 is 14.4 Å². The zero-order valence-corrected chi connectivity index (χ0v) is 25.4. The summed E-state index contributed by atoms with van der Waals surface area (Å²) in [6.07, 6.45) is 5.55. The predicted octanol–water partition coefficient (Wildman–Crippen LogP) is 7.29. The molecule has 0 spiro atoms. The third-order valence-corrected chi connectivity index (χ3v) is 9.12. The Morgan fingerprint density at radius 2 is 1.74 bits per heavy atom. The summed E-state index contributed by atoms with van der Waals surface area (Å²) in [7, 11) is 0. The van der Waals surface area contributed by atoms with E-state index in [0.717, 1.165) is 36.1 Å². The van der Waals surface area contributed by atoms with Gasteiger partial charge in [0, 0.05) is 26.0 Å². The summed E-state index contributed by atoms with van der Waals surface area (Å²) < 4.78 is 0. The van der Waals surface area contributed by atoms with Crippen LogP contribution in [0.3, 0.4) is 0 Å². The number of carbonyl (C=O) groups excluding carboxylic acids is 3. The van der Waals surface area contributed by atoms with Crippen molar-refractivity contribution in [1.29, 1.82) is 5.26 Å². The van der Waals surface area contributed by atoms with E-state index < -0.39 is 11.8 Å². The van der Waals surface area contributed by atoms with Crippen molar-refractivity contribution in [1.82, 2.24) is 5.32 Å². The van der Waals surface area contributed by atoms with Gasteiger partial charge in [0.25, 0.3) is 11.8 Å². The number of thioether (sulfide) groups is 1. The quantitative estimate of drug-likeness (QED) is 0.133. The Kier molecular flexibility index (Phi) is 9.95. The van der Waals surface area contributed by atoms with E-state index in [0.29, 0.717) is 32.4 Å². The van der Waals surface area contributed by atoms with Crippen molar-refractivity contribution in [2.45, 2.75) is 30.6 Å². The van der Waals surface area contributed by atoms with Gasteiger partial charge in [0.2, 0.25) is 5.91 Å². The second kappa shape index (κ2) is 14.2. The molecule has 43 heavy (non-hydrogen) atoms. The van der Waals surface area contributed by atoms with Gasteiger partial charge in [-0.15, -0.1) is 23.1 Å². The third kappa shape index (κ3) is 7.93. The molecule has 1 aliphatic carbocycles. The van der Waals surface area contributed by atoms with Crippen molar-refractivity contribution in [3.63, 3.8) is 0 Å². The van der Waals surface area contributed by atoms with Crippen LogP contribution in [0.25, 0.3) is 6.08 Å². The Morgan fingerprint density at radius 3 is 2.53 bits per heavy atom. The van der Waals surface area contributed by atoms with E-state index in [-0.39, 0.29) is 17.4 Å². The van der Waals surface area contributed by atoms with Crippen LogP contribution in [-0.4, -0.2) is 23.5 Å². The first-order valence-corrected chi connectivity index (χ1v) is 15.8. The van der Waals surface area contributed by atoms with Crippen LogP contribution in [0.4, 0.5) is 10.7 Å². The fraction of sp³-hybridized carbons (Fsp3) is 0.152. The van der Waals surface area contributed by atoms with E-state index >= 15 is 0 Å². The van der Waals surface area contributed by atoms with Gasteiger partial charge in [-0.05, 0) is 85.4 Å². The van der Waals surface area contributed by atoms with E-state index in [1.807, 2.05) is 6.07 Å². The van der Waals surface area contributed by atoms with Crippen LogP contribution in [0.15, 0.2) is 89.5 Å². The smallest absolute Gasteiger partial charge is 0.272 e. The summed E-state index contributed by atoms with van der Waals surface area (Å²) in [6.45, 7) is 0. The van der Waals surface area contributed by atoms with Crippen molar-refractivity contribution in [2.75, 3.05) is 16.4 Å². The van der Waals surface area contributed by atoms with E-state index in [2.05, 4.69) is 22.0 Å². The summed E-state index contributed by atoms with van der Waals surface area (Å²) >= 11 is 8.95. The highest BCUT2D eigenvalue weighted by atomic mass is 35.5. The number of hydrogen-bond donors (Lipinski definition) is 3. The highest BCUT2D eigenvalue weighted by Gasteiger charge is 2.22. The van der Waals surface area contributed by atoms with Crippen LogP contribution < -0.4 is 16.0 Å². The van der Waals surface area contributed by atoms with Crippen molar-refractivity contribution in [3.8, 4) is 6.07 Å². The number of aryl methyl sites for hydroxylation is 1. The molecule has 1 heterocycles. The molecule has 3 N–H and O–H groups in total. The van der Waals surface area contributed by atoms with Crippen LogP contribution in [0.5, 0.6) is 0 Å². The third-order valence-electron chi connectivity index (χ3n) is 6.69. The topological polar surface area (TPSA) is 111 Å². The second-order valence-electron chi connectivity index (χ2n) is 9.78. The predicted molar refractivity (Wildman–Crippen MR) is 173 cm³/mol. The lowest BCUT2D eigenvalue weighted by atomic mass is 9.96. The van der Waals surface area contributed by atoms with Crippen LogP contribution in [0.1, 0.15) is 44.8 Å². The Balaban J connectivity index is 1.26. The van der Waals surface area contributed by atoms with Gasteiger partial charge in [0.05, 0.1) is 11.3 Å². The first-order chi connectivity index (χ1) is 20.9. The normalized spacial score (nSPS) is 12.5. The first kappa shape index (κ1) is 30.1. The number of anilines is 2. The number of thiophene rings is 1. The molecule has 1 aromatic heterocycles. The van der Waals surface area contributed by atoms with Gasteiger partial charge in [-0.3, -0.25) is 14.4 Å². The molecule has 3 amide bonds. The molecular formula is C33H27ClN4O3S2. The van der Waals surface area contributed by atoms with Crippen LogP contribution in [0.2, 0.25) is 5.02 Å². The van der Waals surface area contributed by atoms with Gasteiger partial charge in [-0.25, -0.2) is 0 Å². The number of nitriles is 1. The van der Waals surface area contributed by atoms with Gasteiger partial charge in [0.1, 0.15) is 16.8 Å². The molecule has 0 bridgehead atoms. The van der Waals surface area contributed by atoms with E-state index in [4.69, 9.17) is 11.6 Å². The van der Waals surface area contributed by atoms with Gasteiger partial charge in [0.15, 0.2) is 0 Å². The standard InChI is InChI=1S/C33H27ClN4O3S2/c34-23-11-6-8-21(16-23)17-28(37-31(40)22-9-2-1-3-10-22)32(41)36-24-12-7-13-25(18-24)42-20-30(39)38-33-27(19-35)26-14-4-5-15-29(26)43-33/h1-3,6-13,16-18H,4-5,14-15,20H2,(H,36,41)(H,37,40)(H,38,39)/b28-17-. The largest absolute Gasteiger partial charge is 0.321 e. The zero-order chi connectivity index (χ0) is 30.2. The minimum absolute atomic E-state index is 0.0421. The number of fused-ring (bicyclic) bond motifs is 1. The molecule has 1 aliphatic rings. The maximum Gasteiger partial charge on any atom is 0.272 e. The maximum atomic E-state index is 13.4. The minimum atomic E-state index is -0.519. The highest BCUT2D eigenvalue weighted by Crippen LogP contribution is 2.37. The molecule has 0 saturated heterocycles. The zero-order valence-electron chi connectivity index (χ0n) is 23.0. The average molecular weight is 627 g/mol. The molecular weight excluding hydrogens is 600 g/mol. The Labute approximate surface area is 263 Å². The molecule has 4 aromatic rings. The Morgan fingerprint density at radius 1 is 0.953 bits per heavy atom. The van der Waals surface area contributed by atoms with Crippen LogP contribution in [0, 0.1) is 11.3 Å². The van der Waals surface area contributed by atoms with Crippen LogP contribution >= 0.6 is 34.7 Å². The van der Waals surface area contributed by atoms with Crippen LogP contribution in [-0.2, 0) is 22.4 Å². The molecule has 0 unspecified atom stereocenters. The number of hydrogen-bond acceptors (Lipinski definition) is 6. The van der Waals surface area contributed by atoms with Gasteiger partial charge < -0.3 is 16.0 Å². The summed E-state index contributed by atoms with van der Waals surface area (Å²) in [5.41, 5.74) is 3.26. The highest BCUT2D eigenvalue weighted by molar-refractivity contribution is 8.00. The molecule has 10 heteroatoms. The number of benzene rings is 3. The van der Waals surface area contributed by atoms with Crippen molar-refractivity contribution in [2.24, 2.45) is 0 Å². The minimum Gasteiger partial charge on any atom is -0.321 e. The lowest BCUT2D eigenvalue weighted by molar-refractivity contribution is -0.114. The molecule has 216 valence electrons. The molecule has 0 fully saturated rings. The lowest BCUT2D eigenvalue weighted by Gasteiger charge is -2.12. The maximum absolute atomic E-state index is 13.4. The fourth-order valence-electron chi connectivity index (χ4n) is 4.65. The Bertz CT molecular complexity index is 1740. The summed E-state index contributed by atoms with van der Waals surface area (Å²) in [5.74, 6) is -1.01. The lowest BCUT2D eigenvalue weighted by Crippen LogP contribution is -2.30. The van der Waals surface area contributed by atoms with E-state index in [1.54, 1.807) is 78.9 Å². The SMILES string of the molecule is N#Cc1c(NC(=O)CSc2cccc(NC(=O)/C(=C/c3cccc(Cl)c3)NC(=O)c3ccccc3)c2)sc2c1CCCC2. The van der Waals surface area contributed by atoms with Gasteiger partial charge in [-0.2, -0.15) is 5.26 Å². The number of nitrogens with one attached hydrogen (secondary N) is 3. The molecule has 0 saturated carbocycles. The molecule has 3 aromatic carbocycles. The fourth-order valence-corrected chi connectivity index (χ4v) is 6.86. The molecule has 0 radical (unpaired) electrons. The molecule has 7 nitrogen and oxygen atoms in total. The number of rotatable bonds is 9. The average Bonchev–Trinajstić information content (AvgIpc) is 3.37. The monoisotopic (exact) mass is 626 g/mol. The van der Waals surface area contributed by atoms with Gasteiger partial charge in [-0.1, -0.05) is 48.0 Å². The number of halogens is 1. The second-order valence-corrected chi connectivity index (χ2v) is 12.4. The summed E-state index contributed by atoms with van der Waals surface area (Å²) in [4.78, 5) is 41.0. The number of carbonyl (C=O) groups is 3. The van der Waals surface area contributed by atoms with Gasteiger partial charge >= 0.3 is 0 Å². The number of nitrogens with zero attached hydrogens (tertiary/aromatic N) is 1.